The summed E-state index contributed by atoms with van der Waals surface area (Å²) in [6.45, 7) is 0.611. The Morgan fingerprint density at radius 2 is 2.10 bits per heavy atom. The molecule has 1 aromatic carbocycles. The number of halogens is 1. The Bertz CT molecular complexity index is 588. The van der Waals surface area contributed by atoms with Crippen LogP contribution in [0.1, 0.15) is 41.5 Å². The highest BCUT2D eigenvalue weighted by molar-refractivity contribution is 7.12. The average Bonchev–Trinajstić information content (AvgIpc) is 3.07. The topological polar surface area (TPSA) is 38.9 Å². The molecule has 0 amide bonds. The number of nitrogens with zero attached hydrogens (tertiary/aromatic N) is 1. The van der Waals surface area contributed by atoms with Gasteiger partial charge < -0.3 is 5.73 Å². The van der Waals surface area contributed by atoms with Crippen LogP contribution in [0.25, 0.3) is 11.3 Å². The van der Waals surface area contributed by atoms with Crippen LogP contribution in [-0.2, 0) is 6.42 Å². The standard InChI is InChI=1S/C16H19FN2S/c17-13-7-3-6-12(10-13)15-16(11-4-1-2-5-11)20-14(19-15)8-9-18/h3,6-7,10-11H,1-2,4-5,8-9,18H2. The van der Waals surface area contributed by atoms with Crippen molar-refractivity contribution in [1.29, 1.82) is 0 Å². The molecule has 106 valence electrons. The molecule has 0 aliphatic heterocycles. The van der Waals surface area contributed by atoms with E-state index >= 15 is 0 Å². The zero-order chi connectivity index (χ0) is 13.9. The molecule has 0 bridgehead atoms. The highest BCUT2D eigenvalue weighted by atomic mass is 32.1. The fourth-order valence-corrected chi connectivity index (χ4v) is 4.19. The summed E-state index contributed by atoms with van der Waals surface area (Å²) in [7, 11) is 0. The molecule has 1 fully saturated rings. The Labute approximate surface area is 122 Å². The van der Waals surface area contributed by atoms with Crippen LogP contribution in [0.5, 0.6) is 0 Å². The van der Waals surface area contributed by atoms with Gasteiger partial charge in [0, 0.05) is 16.9 Å². The first-order valence-corrected chi connectivity index (χ1v) is 8.05. The van der Waals surface area contributed by atoms with Gasteiger partial charge in [-0.25, -0.2) is 9.37 Å². The van der Waals surface area contributed by atoms with Crippen molar-refractivity contribution in [3.05, 3.63) is 40.0 Å². The summed E-state index contributed by atoms with van der Waals surface area (Å²) in [4.78, 5) is 6.06. The summed E-state index contributed by atoms with van der Waals surface area (Å²) < 4.78 is 13.5. The average molecular weight is 290 g/mol. The maximum atomic E-state index is 13.5. The summed E-state index contributed by atoms with van der Waals surface area (Å²) in [5, 5.41) is 1.08. The monoisotopic (exact) mass is 290 g/mol. The third kappa shape index (κ3) is 2.76. The van der Waals surface area contributed by atoms with Gasteiger partial charge in [0.2, 0.25) is 0 Å². The quantitative estimate of drug-likeness (QED) is 0.920. The maximum absolute atomic E-state index is 13.5. The molecular weight excluding hydrogens is 271 g/mol. The lowest BCUT2D eigenvalue weighted by atomic mass is 10.0. The van der Waals surface area contributed by atoms with Crippen LogP contribution in [0.3, 0.4) is 0 Å². The van der Waals surface area contributed by atoms with E-state index in [-0.39, 0.29) is 5.82 Å². The van der Waals surface area contributed by atoms with Crippen molar-refractivity contribution < 1.29 is 4.39 Å². The van der Waals surface area contributed by atoms with Gasteiger partial charge in [0.25, 0.3) is 0 Å². The molecule has 0 saturated heterocycles. The predicted molar refractivity (Wildman–Crippen MR) is 81.5 cm³/mol. The lowest BCUT2D eigenvalue weighted by Gasteiger charge is -2.08. The lowest BCUT2D eigenvalue weighted by molar-refractivity contribution is 0.628. The Morgan fingerprint density at radius 3 is 2.80 bits per heavy atom. The molecule has 2 nitrogen and oxygen atoms in total. The summed E-state index contributed by atoms with van der Waals surface area (Å²) >= 11 is 1.77. The fourth-order valence-electron chi connectivity index (χ4n) is 2.92. The molecule has 4 heteroatoms. The number of aromatic nitrogens is 1. The van der Waals surface area contributed by atoms with Crippen molar-refractivity contribution in [1.82, 2.24) is 4.98 Å². The van der Waals surface area contributed by atoms with E-state index < -0.39 is 0 Å². The zero-order valence-corrected chi connectivity index (χ0v) is 12.3. The molecule has 2 aromatic rings. The van der Waals surface area contributed by atoms with Crippen molar-refractivity contribution in [2.24, 2.45) is 5.73 Å². The van der Waals surface area contributed by atoms with Crippen LogP contribution in [0.2, 0.25) is 0 Å². The molecule has 1 aliphatic carbocycles. The fraction of sp³-hybridized carbons (Fsp3) is 0.438. The van der Waals surface area contributed by atoms with Crippen LogP contribution in [0.4, 0.5) is 4.39 Å². The first-order chi connectivity index (χ1) is 9.78. The second-order valence-electron chi connectivity index (χ2n) is 5.35. The van der Waals surface area contributed by atoms with E-state index in [0.717, 1.165) is 22.7 Å². The summed E-state index contributed by atoms with van der Waals surface area (Å²) in [6, 6.07) is 6.76. The molecule has 20 heavy (non-hydrogen) atoms. The highest BCUT2D eigenvalue weighted by Crippen LogP contribution is 2.42. The lowest BCUT2D eigenvalue weighted by Crippen LogP contribution is -2.01. The molecule has 1 saturated carbocycles. The van der Waals surface area contributed by atoms with Crippen LogP contribution < -0.4 is 5.73 Å². The second-order valence-corrected chi connectivity index (χ2v) is 6.47. The summed E-state index contributed by atoms with van der Waals surface area (Å²) in [5.41, 5.74) is 7.51. The Hall–Kier alpha value is -1.26. The van der Waals surface area contributed by atoms with Crippen LogP contribution >= 0.6 is 11.3 Å². The molecule has 1 heterocycles. The molecule has 0 unspecified atom stereocenters. The minimum absolute atomic E-state index is 0.201. The van der Waals surface area contributed by atoms with Crippen molar-refractivity contribution >= 4 is 11.3 Å². The van der Waals surface area contributed by atoms with Crippen molar-refractivity contribution in [2.45, 2.75) is 38.0 Å². The maximum Gasteiger partial charge on any atom is 0.123 e. The normalized spacial score (nSPS) is 15.9. The minimum Gasteiger partial charge on any atom is -0.330 e. The molecule has 0 radical (unpaired) electrons. The highest BCUT2D eigenvalue weighted by Gasteiger charge is 2.24. The number of nitrogens with two attached hydrogens (primary N) is 1. The number of benzene rings is 1. The summed E-state index contributed by atoms with van der Waals surface area (Å²) in [5.74, 6) is 0.394. The van der Waals surface area contributed by atoms with Gasteiger partial charge in [-0.2, -0.15) is 0 Å². The first-order valence-electron chi connectivity index (χ1n) is 7.23. The Balaban J connectivity index is 2.02. The second kappa shape index (κ2) is 6.02. The van der Waals surface area contributed by atoms with Crippen molar-refractivity contribution in [3.8, 4) is 11.3 Å². The van der Waals surface area contributed by atoms with Gasteiger partial charge in [0.15, 0.2) is 0 Å². The predicted octanol–water partition coefficient (Wildman–Crippen LogP) is 4.11. The van der Waals surface area contributed by atoms with E-state index in [1.54, 1.807) is 23.5 Å². The van der Waals surface area contributed by atoms with Crippen LogP contribution in [0, 0.1) is 5.82 Å². The van der Waals surface area contributed by atoms with Gasteiger partial charge in [-0.05, 0) is 37.4 Å². The third-order valence-electron chi connectivity index (χ3n) is 3.88. The number of rotatable bonds is 4. The van der Waals surface area contributed by atoms with Gasteiger partial charge in [0.1, 0.15) is 5.82 Å². The largest absolute Gasteiger partial charge is 0.330 e. The van der Waals surface area contributed by atoms with Crippen LogP contribution in [-0.4, -0.2) is 11.5 Å². The number of hydrogen-bond donors (Lipinski definition) is 1. The van der Waals surface area contributed by atoms with Gasteiger partial charge in [-0.1, -0.05) is 25.0 Å². The van der Waals surface area contributed by atoms with Gasteiger partial charge in [0.05, 0.1) is 10.7 Å². The van der Waals surface area contributed by atoms with E-state index in [9.17, 15) is 4.39 Å². The molecule has 0 atom stereocenters. The molecule has 0 spiro atoms. The van der Waals surface area contributed by atoms with E-state index in [1.807, 2.05) is 6.07 Å². The number of thiazole rings is 1. The van der Waals surface area contributed by atoms with E-state index in [1.165, 1.54) is 36.6 Å². The molecule has 1 aromatic heterocycles. The summed E-state index contributed by atoms with van der Waals surface area (Å²) in [6.07, 6.45) is 5.84. The van der Waals surface area contributed by atoms with Gasteiger partial charge >= 0.3 is 0 Å². The van der Waals surface area contributed by atoms with Gasteiger partial charge in [-0.15, -0.1) is 11.3 Å². The third-order valence-corrected chi connectivity index (χ3v) is 5.16. The minimum atomic E-state index is -0.201. The molecular formula is C16H19FN2S. The van der Waals surface area contributed by atoms with Gasteiger partial charge in [-0.3, -0.25) is 0 Å². The number of hydrogen-bond acceptors (Lipinski definition) is 3. The Kier molecular flexibility index (Phi) is 4.13. The van der Waals surface area contributed by atoms with E-state index in [0.29, 0.717) is 12.5 Å². The van der Waals surface area contributed by atoms with Crippen molar-refractivity contribution in [3.63, 3.8) is 0 Å². The van der Waals surface area contributed by atoms with Crippen LogP contribution in [0.15, 0.2) is 24.3 Å². The van der Waals surface area contributed by atoms with E-state index in [4.69, 9.17) is 10.7 Å². The SMILES string of the molecule is NCCc1nc(-c2cccc(F)c2)c(C2CCCC2)s1. The molecule has 3 rings (SSSR count). The Morgan fingerprint density at radius 1 is 1.30 bits per heavy atom. The van der Waals surface area contributed by atoms with Crippen molar-refractivity contribution in [2.75, 3.05) is 6.54 Å². The molecule has 1 aliphatic rings. The first kappa shape index (κ1) is 13.7. The smallest absolute Gasteiger partial charge is 0.123 e. The zero-order valence-electron chi connectivity index (χ0n) is 11.4. The molecule has 2 N–H and O–H groups in total. The van der Waals surface area contributed by atoms with E-state index in [2.05, 4.69) is 0 Å².